The lowest BCUT2D eigenvalue weighted by Gasteiger charge is -2.36. The van der Waals surface area contributed by atoms with Gasteiger partial charge >= 0.3 is 0 Å². The smallest absolute Gasteiger partial charge is 0.186 e. The Bertz CT molecular complexity index is 7050. The Kier molecular flexibility index (Phi) is 29.5. The Hall–Kier alpha value is -14.1. The lowest BCUT2D eigenvalue weighted by molar-refractivity contribution is -0.114. The lowest BCUT2D eigenvalue weighted by atomic mass is 9.71. The van der Waals surface area contributed by atoms with Gasteiger partial charge in [0.1, 0.15) is 33.6 Å². The maximum absolute atomic E-state index is 14.8. The molecule has 3 aliphatic rings. The normalized spacial score (nSPS) is 14.7. The minimum atomic E-state index is -0.567. The number of fused-ring (bicyclic) bond motifs is 4. The number of nitrogens with zero attached hydrogens (tertiary/aromatic N) is 8. The van der Waals surface area contributed by atoms with Crippen LogP contribution in [0.4, 0.5) is 0 Å². The molecule has 0 amide bonds. The summed E-state index contributed by atoms with van der Waals surface area (Å²) in [6.45, 7) is 67.9. The van der Waals surface area contributed by atoms with Gasteiger partial charge < -0.3 is 10.2 Å². The number of hydrogen-bond acceptors (Lipinski definition) is 12. The number of aromatic hydroxyl groups is 2. The number of benzene rings is 11. The van der Waals surface area contributed by atoms with Crippen LogP contribution in [0, 0.1) is 77.0 Å². The van der Waals surface area contributed by atoms with Gasteiger partial charge in [-0.2, -0.15) is 0 Å². The molecule has 18 rings (SSSR count). The van der Waals surface area contributed by atoms with Crippen molar-refractivity contribution in [2.24, 2.45) is 21.7 Å². The molecular formula is C135H152N8O4. The van der Waals surface area contributed by atoms with E-state index >= 15 is 0 Å². The number of phenolic OH excluding ortho intramolecular Hbond substituents is 2. The molecule has 0 saturated heterocycles. The van der Waals surface area contributed by atoms with Crippen LogP contribution >= 0.6 is 0 Å². The first-order valence-electron chi connectivity index (χ1n) is 50.9. The highest BCUT2D eigenvalue weighted by molar-refractivity contribution is 6.17. The highest BCUT2D eigenvalue weighted by atomic mass is 16.3. The molecule has 0 bridgehead atoms. The Morgan fingerprint density at radius 3 is 0.490 bits per heavy atom. The first-order valence-corrected chi connectivity index (χ1v) is 50.9. The van der Waals surface area contributed by atoms with E-state index in [4.69, 9.17) is 39.9 Å². The van der Waals surface area contributed by atoms with Gasteiger partial charge in [0, 0.05) is 77.2 Å². The third kappa shape index (κ3) is 21.5. The Balaban J connectivity index is 0.000000228. The summed E-state index contributed by atoms with van der Waals surface area (Å²) in [6.07, 6.45) is 8.26. The summed E-state index contributed by atoms with van der Waals surface area (Å²) >= 11 is 0. The van der Waals surface area contributed by atoms with Crippen LogP contribution in [0.1, 0.15) is 301 Å². The standard InChI is InChI=1S/C66H72N4O2.C66H68N4O2.3CH4/c2*1-37-17-25-41(26-18-37)53-54(42-27-19-38(2)20-28-42)68-58-52(46-35-49(65(11,12)13)62(72)50(36-46)66(14,15)16)60-59(51(57(58)67-53)45-33-47(63(5,6)7)61(71)48(34-45)64(8,9)10)69-55(43-29-21-39(3)22-30-43)56(70-60)44-31-23-40(4)24-32-44;;;/h17-36,51-52,71-72H,1-16H3;17-36H,1-16H3;3*1H4. The van der Waals surface area contributed by atoms with E-state index in [1.165, 1.54) is 0 Å². The van der Waals surface area contributed by atoms with Crippen LogP contribution in [0.15, 0.2) is 265 Å². The van der Waals surface area contributed by atoms with Gasteiger partial charge in [-0.15, -0.1) is 0 Å². The monoisotopic (exact) mass is 1950 g/mol. The van der Waals surface area contributed by atoms with E-state index in [9.17, 15) is 19.8 Å². The fraction of sp³-hybridized carbons (Fsp3) is 0.333. The molecule has 0 fully saturated rings. The SMILES string of the molecule is C.C.C.Cc1ccc(-c2nc3c(=C4C=C(C(C)(C)C)C(=O)C(C(C)(C)C)=C4)c4nc(-c5ccc(C)cc5)c(-c5ccc(C)cc5)nc4c(=C4C=C(C(C)(C)C)C(=O)C(C(C)(C)C)=C4)c3nc2-c2ccc(C)cc2)cc1.Cc1ccc(-c2nc3c(nc2-c2ccc(C)cc2)C(c2cc(C(C)(C)C)c(O)c(C(C)(C)C)c2)c2nc(-c4ccc(C)cc4)c(-c4ccc(C)cc4)nc2C3c2cc(C(C)(C)C)c(O)c(C(C)(C)C)c2)cc1. The van der Waals surface area contributed by atoms with Crippen molar-refractivity contribution in [2.75, 3.05) is 0 Å². The third-order valence-corrected chi connectivity index (χ3v) is 28.5. The highest BCUT2D eigenvalue weighted by Gasteiger charge is 2.46. The van der Waals surface area contributed by atoms with Gasteiger partial charge in [-0.25, -0.2) is 39.9 Å². The maximum Gasteiger partial charge on any atom is 0.186 e. The first kappa shape index (κ1) is 109. The molecule has 2 N–H and O–H groups in total. The van der Waals surface area contributed by atoms with Gasteiger partial charge in [-0.05, 0) is 168 Å². The Morgan fingerprint density at radius 1 is 0.211 bits per heavy atom. The minimum absolute atomic E-state index is 0. The highest BCUT2D eigenvalue weighted by Crippen LogP contribution is 2.55. The van der Waals surface area contributed by atoms with Crippen molar-refractivity contribution in [1.29, 1.82) is 0 Å². The van der Waals surface area contributed by atoms with E-state index < -0.39 is 55.2 Å². The average Bonchev–Trinajstić information content (AvgIpc) is 0.707. The lowest BCUT2D eigenvalue weighted by Crippen LogP contribution is -2.31. The van der Waals surface area contributed by atoms with Gasteiger partial charge in [0.2, 0.25) is 0 Å². The summed E-state index contributed by atoms with van der Waals surface area (Å²) in [5, 5.41) is 26.0. The molecule has 147 heavy (non-hydrogen) atoms. The van der Waals surface area contributed by atoms with Crippen molar-refractivity contribution in [3.05, 3.63) is 376 Å². The van der Waals surface area contributed by atoms with Crippen LogP contribution in [0.5, 0.6) is 11.5 Å². The number of carbonyl (C=O) groups is 2. The van der Waals surface area contributed by atoms with Crippen molar-refractivity contribution < 1.29 is 19.8 Å². The number of aromatic nitrogens is 8. The van der Waals surface area contributed by atoms with Crippen LogP contribution in [0.2, 0.25) is 0 Å². The van der Waals surface area contributed by atoms with Crippen LogP contribution in [0.3, 0.4) is 0 Å². The molecule has 0 atom stereocenters. The number of rotatable bonds is 10. The fourth-order valence-electron chi connectivity index (χ4n) is 20.0. The molecule has 0 unspecified atom stereocenters. The summed E-state index contributed by atoms with van der Waals surface area (Å²) in [4.78, 5) is 77.0. The first-order chi connectivity index (χ1) is 67.4. The average molecular weight is 1950 g/mol. The maximum atomic E-state index is 14.8. The van der Waals surface area contributed by atoms with Crippen molar-refractivity contribution in [3.63, 3.8) is 0 Å². The molecule has 0 aliphatic heterocycles. The molecule has 0 spiro atoms. The van der Waals surface area contributed by atoms with Crippen LogP contribution in [-0.4, -0.2) is 61.7 Å². The zero-order valence-electron chi connectivity index (χ0n) is 90.5. The topological polar surface area (TPSA) is 178 Å². The second kappa shape index (κ2) is 39.9. The molecule has 756 valence electrons. The van der Waals surface area contributed by atoms with E-state index in [-0.39, 0.29) is 33.8 Å². The molecule has 0 radical (unpaired) electrons. The van der Waals surface area contributed by atoms with Crippen LogP contribution < -0.4 is 10.4 Å². The van der Waals surface area contributed by atoms with Gasteiger partial charge in [-0.3, -0.25) is 9.59 Å². The molecule has 3 aliphatic carbocycles. The zero-order chi connectivity index (χ0) is 104. The third-order valence-electron chi connectivity index (χ3n) is 28.5. The second-order valence-electron chi connectivity index (χ2n) is 48.9. The predicted octanol–water partition coefficient (Wildman–Crippen LogP) is 33.2. The summed E-state index contributed by atoms with van der Waals surface area (Å²) in [7, 11) is 0. The molecule has 4 aromatic heterocycles. The quantitative estimate of drug-likeness (QED) is 0.124. The van der Waals surface area contributed by atoms with E-state index in [0.717, 1.165) is 190 Å². The van der Waals surface area contributed by atoms with Crippen molar-refractivity contribution in [3.8, 4) is 102 Å². The minimum Gasteiger partial charge on any atom is -0.507 e. The summed E-state index contributed by atoms with van der Waals surface area (Å²) in [5.74, 6) is -0.447. The summed E-state index contributed by atoms with van der Waals surface area (Å²) in [6, 6.07) is 76.9. The van der Waals surface area contributed by atoms with E-state index in [1.807, 2.05) is 0 Å². The predicted molar refractivity (Wildman–Crippen MR) is 617 cm³/mol. The molecule has 0 saturated carbocycles. The largest absolute Gasteiger partial charge is 0.507 e. The van der Waals surface area contributed by atoms with Gasteiger partial charge in [0.05, 0.1) is 80.2 Å². The zero-order valence-corrected chi connectivity index (χ0v) is 90.5. The van der Waals surface area contributed by atoms with Gasteiger partial charge in [0.15, 0.2) is 11.6 Å². The van der Waals surface area contributed by atoms with Crippen molar-refractivity contribution in [2.45, 2.75) is 277 Å². The number of aryl methyl sites for hydroxylation is 8. The van der Waals surface area contributed by atoms with Crippen molar-refractivity contribution in [1.82, 2.24) is 39.9 Å². The number of hydrogen-bond donors (Lipinski definition) is 2. The number of ketones is 2. The number of carbonyl (C=O) groups excluding carboxylic acids is 2. The second-order valence-corrected chi connectivity index (χ2v) is 48.9. The molecular weight excluding hydrogens is 1800 g/mol. The van der Waals surface area contributed by atoms with Crippen LogP contribution in [-0.2, 0) is 31.2 Å². The summed E-state index contributed by atoms with van der Waals surface area (Å²) < 4.78 is 0. The molecule has 12 heteroatoms. The van der Waals surface area contributed by atoms with E-state index in [0.29, 0.717) is 78.6 Å². The number of allylic oxidation sites excluding steroid dienone is 8. The van der Waals surface area contributed by atoms with Gasteiger partial charge in [0.25, 0.3) is 0 Å². The molecule has 4 heterocycles. The van der Waals surface area contributed by atoms with Crippen LogP contribution in [0.25, 0.3) is 123 Å². The van der Waals surface area contributed by atoms with Gasteiger partial charge in [-0.1, -0.05) is 451 Å². The molecule has 11 aromatic carbocycles. The Labute approximate surface area is 875 Å². The van der Waals surface area contributed by atoms with Crippen molar-refractivity contribution >= 4 is 44.8 Å². The molecule has 12 nitrogen and oxygen atoms in total. The number of phenols is 2. The molecule has 15 aromatic rings. The number of Topliss-reactive ketones (excluding diaryl/α,β-unsaturated/α-hetero) is 2. The summed E-state index contributed by atoms with van der Waals surface area (Å²) in [5.41, 5.74) is 34.3. The Morgan fingerprint density at radius 2 is 0.354 bits per heavy atom. The van der Waals surface area contributed by atoms with E-state index in [1.54, 1.807) is 0 Å². The van der Waals surface area contributed by atoms with E-state index in [2.05, 4.69) is 464 Å². The fourth-order valence-corrected chi connectivity index (χ4v) is 20.0.